The normalized spacial score (nSPS) is 11.7. The summed E-state index contributed by atoms with van der Waals surface area (Å²) >= 11 is 0. The van der Waals surface area contributed by atoms with Crippen molar-refractivity contribution in [2.45, 2.75) is 5.92 Å². The molecule has 0 radical (unpaired) electrons. The highest BCUT2D eigenvalue weighted by molar-refractivity contribution is 5.95. The minimum Gasteiger partial charge on any atom is -0.493 e. The van der Waals surface area contributed by atoms with E-state index in [4.69, 9.17) is 14.2 Å². The molecule has 1 atom stereocenters. The smallest absolute Gasteiger partial charge is 0.251 e. The van der Waals surface area contributed by atoms with E-state index >= 15 is 0 Å². The molecule has 1 heterocycles. The molecule has 7 heteroatoms. The number of aromatic nitrogens is 1. The molecule has 0 saturated heterocycles. The molecular weight excluding hydrogens is 442 g/mol. The van der Waals surface area contributed by atoms with Crippen LogP contribution in [0, 0.1) is 0 Å². The van der Waals surface area contributed by atoms with Crippen LogP contribution in [0.15, 0.2) is 66.9 Å². The fourth-order valence-electron chi connectivity index (χ4n) is 4.30. The van der Waals surface area contributed by atoms with Gasteiger partial charge in [-0.1, -0.05) is 30.3 Å². The lowest BCUT2D eigenvalue weighted by Gasteiger charge is -2.20. The lowest BCUT2D eigenvalue weighted by molar-refractivity contribution is 0.0951. The Morgan fingerprint density at radius 1 is 0.943 bits per heavy atom. The van der Waals surface area contributed by atoms with Crippen LogP contribution in [-0.4, -0.2) is 52.9 Å². The summed E-state index contributed by atoms with van der Waals surface area (Å²) in [7, 11) is 8.63. The predicted octanol–water partition coefficient (Wildman–Crippen LogP) is 4.82. The van der Waals surface area contributed by atoms with Crippen molar-refractivity contribution in [3.8, 4) is 17.2 Å². The number of rotatable bonds is 9. The Morgan fingerprint density at radius 2 is 1.60 bits per heavy atom. The second kappa shape index (κ2) is 10.4. The molecule has 4 rings (SSSR count). The lowest BCUT2D eigenvalue weighted by Crippen LogP contribution is -2.29. The summed E-state index contributed by atoms with van der Waals surface area (Å²) in [5.74, 6) is 1.05. The molecule has 0 spiro atoms. The van der Waals surface area contributed by atoms with Crippen molar-refractivity contribution in [1.29, 1.82) is 0 Å². The third kappa shape index (κ3) is 4.89. The quantitative estimate of drug-likeness (QED) is 0.365. The number of para-hydroxylation sites is 1. The number of amides is 1. The minimum absolute atomic E-state index is 0.0478. The second-order valence-corrected chi connectivity index (χ2v) is 8.45. The second-order valence-electron chi connectivity index (χ2n) is 8.45. The SMILES string of the molecule is COc1cc(C(=O)NCC(c2ccc(N(C)C)cc2)c2c[nH]c3ccccc23)cc(OC)c1OC. The van der Waals surface area contributed by atoms with E-state index in [1.807, 2.05) is 32.4 Å². The number of anilines is 1. The first-order valence-corrected chi connectivity index (χ1v) is 11.4. The standard InChI is InChI=1S/C28H31N3O4/c1-31(2)20-12-10-18(11-13-20)22(23-17-29-24-9-7-6-8-21(23)24)16-30-28(32)19-14-25(33-3)27(35-5)26(15-19)34-4/h6-15,17,22,29H,16H2,1-5H3,(H,30,32). The van der Waals surface area contributed by atoms with Crippen LogP contribution in [0.25, 0.3) is 10.9 Å². The van der Waals surface area contributed by atoms with Crippen LogP contribution < -0.4 is 24.4 Å². The van der Waals surface area contributed by atoms with E-state index in [0.29, 0.717) is 29.4 Å². The average molecular weight is 474 g/mol. The van der Waals surface area contributed by atoms with E-state index in [2.05, 4.69) is 51.6 Å². The molecular formula is C28H31N3O4. The van der Waals surface area contributed by atoms with E-state index in [1.165, 1.54) is 21.3 Å². The zero-order chi connectivity index (χ0) is 24.9. The van der Waals surface area contributed by atoms with Crippen molar-refractivity contribution in [2.24, 2.45) is 0 Å². The molecule has 0 fully saturated rings. The van der Waals surface area contributed by atoms with Gasteiger partial charge in [0.15, 0.2) is 11.5 Å². The van der Waals surface area contributed by atoms with Crippen LogP contribution in [0.5, 0.6) is 17.2 Å². The van der Waals surface area contributed by atoms with E-state index in [0.717, 1.165) is 27.7 Å². The van der Waals surface area contributed by atoms with Crippen molar-refractivity contribution >= 4 is 22.5 Å². The van der Waals surface area contributed by atoms with Gasteiger partial charge in [-0.05, 0) is 41.5 Å². The van der Waals surface area contributed by atoms with E-state index in [-0.39, 0.29) is 11.8 Å². The summed E-state index contributed by atoms with van der Waals surface area (Å²) < 4.78 is 16.2. The predicted molar refractivity (Wildman–Crippen MR) is 139 cm³/mol. The molecule has 7 nitrogen and oxygen atoms in total. The first kappa shape index (κ1) is 24.0. The number of H-pyrrole nitrogens is 1. The Kier molecular flexibility index (Phi) is 7.15. The Morgan fingerprint density at radius 3 is 2.20 bits per heavy atom. The first-order valence-electron chi connectivity index (χ1n) is 11.4. The van der Waals surface area contributed by atoms with Crippen molar-refractivity contribution in [3.63, 3.8) is 0 Å². The number of nitrogens with zero attached hydrogens (tertiary/aromatic N) is 1. The molecule has 182 valence electrons. The molecule has 3 aromatic carbocycles. The maximum absolute atomic E-state index is 13.2. The van der Waals surface area contributed by atoms with E-state index in [1.54, 1.807) is 12.1 Å². The number of carbonyl (C=O) groups excluding carboxylic acids is 1. The van der Waals surface area contributed by atoms with Gasteiger partial charge in [0, 0.05) is 54.9 Å². The molecule has 0 saturated carbocycles. The van der Waals surface area contributed by atoms with Crippen LogP contribution >= 0.6 is 0 Å². The van der Waals surface area contributed by atoms with Gasteiger partial charge in [0.2, 0.25) is 5.75 Å². The number of ether oxygens (including phenoxy) is 3. The van der Waals surface area contributed by atoms with Gasteiger partial charge in [-0.25, -0.2) is 0 Å². The Labute approximate surface area is 205 Å². The fourth-order valence-corrected chi connectivity index (χ4v) is 4.30. The van der Waals surface area contributed by atoms with Crippen LogP contribution in [0.1, 0.15) is 27.4 Å². The maximum atomic E-state index is 13.2. The van der Waals surface area contributed by atoms with Crippen molar-refractivity contribution in [1.82, 2.24) is 10.3 Å². The third-order valence-corrected chi connectivity index (χ3v) is 6.20. The van der Waals surface area contributed by atoms with Crippen LogP contribution in [0.4, 0.5) is 5.69 Å². The van der Waals surface area contributed by atoms with E-state index < -0.39 is 0 Å². The molecule has 4 aromatic rings. The third-order valence-electron chi connectivity index (χ3n) is 6.20. The summed E-state index contributed by atoms with van der Waals surface area (Å²) in [5, 5.41) is 4.25. The number of carbonyl (C=O) groups is 1. The zero-order valence-electron chi connectivity index (χ0n) is 20.7. The number of benzene rings is 3. The molecule has 0 aliphatic carbocycles. The first-order chi connectivity index (χ1) is 17.0. The molecule has 0 aliphatic heterocycles. The van der Waals surface area contributed by atoms with Crippen LogP contribution in [0.2, 0.25) is 0 Å². The summed E-state index contributed by atoms with van der Waals surface area (Å²) in [6, 6.07) is 19.9. The summed E-state index contributed by atoms with van der Waals surface area (Å²) in [5.41, 5.74) is 4.86. The van der Waals surface area contributed by atoms with Gasteiger partial charge in [-0.3, -0.25) is 4.79 Å². The Bertz CT molecular complexity index is 1290. The number of methoxy groups -OCH3 is 3. The van der Waals surface area contributed by atoms with Crippen molar-refractivity contribution in [2.75, 3.05) is 46.9 Å². The molecule has 1 unspecified atom stereocenters. The largest absolute Gasteiger partial charge is 0.493 e. The van der Waals surface area contributed by atoms with Crippen LogP contribution in [-0.2, 0) is 0 Å². The molecule has 2 N–H and O–H groups in total. The van der Waals surface area contributed by atoms with Gasteiger partial charge >= 0.3 is 0 Å². The summed E-state index contributed by atoms with van der Waals surface area (Å²) in [4.78, 5) is 18.6. The van der Waals surface area contributed by atoms with Gasteiger partial charge < -0.3 is 29.4 Å². The topological polar surface area (TPSA) is 75.8 Å². The van der Waals surface area contributed by atoms with Gasteiger partial charge in [0.1, 0.15) is 0 Å². The highest BCUT2D eigenvalue weighted by atomic mass is 16.5. The lowest BCUT2D eigenvalue weighted by atomic mass is 9.90. The fraction of sp³-hybridized carbons (Fsp3) is 0.250. The number of hydrogen-bond acceptors (Lipinski definition) is 5. The van der Waals surface area contributed by atoms with Crippen molar-refractivity contribution < 1.29 is 19.0 Å². The molecule has 35 heavy (non-hydrogen) atoms. The molecule has 1 aromatic heterocycles. The number of hydrogen-bond donors (Lipinski definition) is 2. The summed E-state index contributed by atoms with van der Waals surface area (Å²) in [6.07, 6.45) is 2.03. The number of fused-ring (bicyclic) bond motifs is 1. The summed E-state index contributed by atoms with van der Waals surface area (Å²) in [6.45, 7) is 0.415. The van der Waals surface area contributed by atoms with Crippen molar-refractivity contribution in [3.05, 3.63) is 83.6 Å². The Balaban J connectivity index is 1.66. The number of aromatic amines is 1. The van der Waals surface area contributed by atoms with E-state index in [9.17, 15) is 4.79 Å². The van der Waals surface area contributed by atoms with Crippen LogP contribution in [0.3, 0.4) is 0 Å². The van der Waals surface area contributed by atoms with Gasteiger partial charge in [0.05, 0.1) is 21.3 Å². The van der Waals surface area contributed by atoms with Gasteiger partial charge in [-0.2, -0.15) is 0 Å². The molecule has 0 aliphatic rings. The van der Waals surface area contributed by atoms with Gasteiger partial charge in [-0.15, -0.1) is 0 Å². The Hall–Kier alpha value is -4.13. The molecule has 1 amide bonds. The molecule has 0 bridgehead atoms. The highest BCUT2D eigenvalue weighted by Crippen LogP contribution is 2.38. The minimum atomic E-state index is -0.223. The highest BCUT2D eigenvalue weighted by Gasteiger charge is 2.21. The average Bonchev–Trinajstić information content (AvgIpc) is 3.32. The van der Waals surface area contributed by atoms with Gasteiger partial charge in [0.25, 0.3) is 5.91 Å². The monoisotopic (exact) mass is 473 g/mol. The number of nitrogens with one attached hydrogen (secondary N) is 2. The maximum Gasteiger partial charge on any atom is 0.251 e. The zero-order valence-corrected chi connectivity index (χ0v) is 20.7.